The lowest BCUT2D eigenvalue weighted by molar-refractivity contribution is -0.0836. The van der Waals surface area contributed by atoms with E-state index in [4.69, 9.17) is 15.1 Å². The number of aliphatic hydroxyl groups excluding tert-OH is 1. The maximum Gasteiger partial charge on any atom is 0.425 e. The number of nitrogens with zero attached hydrogens (tertiary/aromatic N) is 1. The van der Waals surface area contributed by atoms with Crippen LogP contribution in [0.1, 0.15) is 13.8 Å². The summed E-state index contributed by atoms with van der Waals surface area (Å²) >= 11 is 1.96. The Kier molecular flexibility index (Phi) is 31.7. The molecule has 0 bridgehead atoms. The van der Waals surface area contributed by atoms with Crippen molar-refractivity contribution >= 4 is 15.9 Å². The third-order valence-electron chi connectivity index (χ3n) is 0.942. The Morgan fingerprint density at radius 3 is 1.91 bits per heavy atom. The van der Waals surface area contributed by atoms with Gasteiger partial charge in [-0.1, -0.05) is 24.8 Å². The number of aliphatic hydroxyl groups is 1. The Balaban J connectivity index is -0.000000105. The minimum Gasteiger partial charge on any atom is -0.498 e. The highest BCUT2D eigenvalue weighted by molar-refractivity contribution is 9.11. The van der Waals surface area contributed by atoms with Gasteiger partial charge in [-0.25, -0.2) is 4.39 Å². The summed E-state index contributed by atoms with van der Waals surface area (Å²) in [7, 11) is 0. The van der Waals surface area contributed by atoms with E-state index in [-0.39, 0.29) is 6.61 Å². The first-order valence-electron chi connectivity index (χ1n) is 5.62. The second-order valence-corrected chi connectivity index (χ2v) is 3.60. The summed E-state index contributed by atoms with van der Waals surface area (Å²) in [5, 5.41) is 15.1. The third kappa shape index (κ3) is 42.9. The van der Waals surface area contributed by atoms with E-state index in [0.717, 1.165) is 0 Å². The molecule has 0 radical (unpaired) electrons. The van der Waals surface area contributed by atoms with E-state index in [1.165, 1.54) is 13.0 Å². The molecular formula is C14H20BrF4NO2. The summed E-state index contributed by atoms with van der Waals surface area (Å²) in [5.41, 5.74) is 0. The number of halogens is 5. The molecule has 0 spiro atoms. The van der Waals surface area contributed by atoms with Crippen molar-refractivity contribution in [2.24, 2.45) is 0 Å². The molecule has 0 aliphatic carbocycles. The molecule has 8 heteroatoms. The molecule has 0 saturated carbocycles. The molecule has 0 fully saturated rings. The summed E-state index contributed by atoms with van der Waals surface area (Å²) in [4.78, 5) is 0. The van der Waals surface area contributed by atoms with Crippen molar-refractivity contribution in [3.05, 3.63) is 48.5 Å². The standard InChI is InChI=1S/C6H10O.C3HBrF4.C3H6O.C2H3N/c1-3-5-7-6-4-2;4-2(1-5)3(6,7)8;1-2-3-4;1-2-3/h3-4,6H,1,5H2,2H3;1H;2,4H,1,3H2;1H3/b;2-1-;;. The molecule has 128 valence electrons. The average molecular weight is 390 g/mol. The van der Waals surface area contributed by atoms with E-state index < -0.39 is 17.0 Å². The number of nitriles is 1. The summed E-state index contributed by atoms with van der Waals surface area (Å²) in [5.74, 6) is 0. The fourth-order valence-electron chi connectivity index (χ4n) is 0.282. The average Bonchev–Trinajstić information content (AvgIpc) is 2.47. The highest BCUT2D eigenvalue weighted by atomic mass is 79.9. The van der Waals surface area contributed by atoms with Crippen LogP contribution in [0.4, 0.5) is 17.6 Å². The van der Waals surface area contributed by atoms with E-state index in [2.05, 4.69) is 13.2 Å². The lowest BCUT2D eigenvalue weighted by atomic mass is 10.6. The first kappa shape index (κ1) is 28.6. The van der Waals surface area contributed by atoms with Gasteiger partial charge in [0.1, 0.15) is 17.4 Å². The van der Waals surface area contributed by atoms with Gasteiger partial charge in [-0.3, -0.25) is 0 Å². The number of alkyl halides is 3. The molecule has 0 aliphatic rings. The maximum absolute atomic E-state index is 11.1. The number of rotatable bonds is 4. The van der Waals surface area contributed by atoms with Crippen LogP contribution in [0.25, 0.3) is 0 Å². The minimum absolute atomic E-state index is 0.0833. The van der Waals surface area contributed by atoms with Gasteiger partial charge in [-0.2, -0.15) is 18.4 Å². The number of allylic oxidation sites excluding steroid dienone is 2. The summed E-state index contributed by atoms with van der Waals surface area (Å²) in [6.07, 6.45) is 1.49. The monoisotopic (exact) mass is 389 g/mol. The van der Waals surface area contributed by atoms with Gasteiger partial charge in [0.15, 0.2) is 0 Å². The Morgan fingerprint density at radius 2 is 1.77 bits per heavy atom. The molecule has 0 aromatic rings. The molecule has 0 aromatic heterocycles. The topological polar surface area (TPSA) is 53.2 Å². The summed E-state index contributed by atoms with van der Waals surface area (Å²) < 4.78 is 47.7. The molecular weight excluding hydrogens is 370 g/mol. The van der Waals surface area contributed by atoms with Gasteiger partial charge in [0.25, 0.3) is 0 Å². The lowest BCUT2D eigenvalue weighted by Crippen LogP contribution is -2.05. The number of hydrogen-bond donors (Lipinski definition) is 1. The van der Waals surface area contributed by atoms with Gasteiger partial charge in [0.2, 0.25) is 0 Å². The molecule has 1 N–H and O–H groups in total. The smallest absolute Gasteiger partial charge is 0.425 e. The molecule has 0 aliphatic heterocycles. The normalized spacial score (nSPS) is 9.68. The van der Waals surface area contributed by atoms with Crippen molar-refractivity contribution in [3.63, 3.8) is 0 Å². The van der Waals surface area contributed by atoms with Crippen molar-refractivity contribution in [1.82, 2.24) is 0 Å². The molecule has 0 rings (SSSR count). The molecule has 0 saturated heterocycles. The molecule has 0 unspecified atom stereocenters. The van der Waals surface area contributed by atoms with Gasteiger partial charge < -0.3 is 9.84 Å². The number of ether oxygens (including phenoxy) is 1. The van der Waals surface area contributed by atoms with Crippen molar-refractivity contribution in [1.29, 1.82) is 5.26 Å². The predicted octanol–water partition coefficient (Wildman–Crippen LogP) is 5.17. The van der Waals surface area contributed by atoms with Gasteiger partial charge in [-0.15, -0.1) is 6.58 Å². The van der Waals surface area contributed by atoms with Crippen LogP contribution < -0.4 is 0 Å². The molecule has 0 heterocycles. The van der Waals surface area contributed by atoms with Crippen LogP contribution in [0.15, 0.2) is 48.5 Å². The highest BCUT2D eigenvalue weighted by Gasteiger charge is 2.31. The fourth-order valence-corrected chi connectivity index (χ4v) is 0.282. The van der Waals surface area contributed by atoms with Crippen molar-refractivity contribution in [2.75, 3.05) is 13.2 Å². The van der Waals surface area contributed by atoms with Gasteiger partial charge in [0, 0.05) is 6.92 Å². The zero-order valence-electron chi connectivity index (χ0n) is 12.4. The maximum atomic E-state index is 11.1. The van der Waals surface area contributed by atoms with E-state index in [1.807, 2.05) is 28.9 Å². The highest BCUT2D eigenvalue weighted by Crippen LogP contribution is 2.29. The Hall–Kier alpha value is -1.59. The zero-order valence-corrected chi connectivity index (χ0v) is 14.0. The molecule has 22 heavy (non-hydrogen) atoms. The van der Waals surface area contributed by atoms with Crippen molar-refractivity contribution in [2.45, 2.75) is 20.0 Å². The van der Waals surface area contributed by atoms with E-state index in [1.54, 1.807) is 18.4 Å². The minimum atomic E-state index is -4.59. The second-order valence-electron chi connectivity index (χ2n) is 2.74. The quantitative estimate of drug-likeness (QED) is 0.312. The molecule has 0 aromatic carbocycles. The Labute approximate surface area is 137 Å². The third-order valence-corrected chi connectivity index (χ3v) is 1.56. The van der Waals surface area contributed by atoms with Crippen LogP contribution in [-0.2, 0) is 4.74 Å². The Morgan fingerprint density at radius 1 is 1.36 bits per heavy atom. The number of hydrogen-bond acceptors (Lipinski definition) is 3. The van der Waals surface area contributed by atoms with Crippen LogP contribution >= 0.6 is 15.9 Å². The van der Waals surface area contributed by atoms with Crippen LogP contribution in [0.3, 0.4) is 0 Å². The van der Waals surface area contributed by atoms with Gasteiger partial charge in [-0.05, 0) is 22.9 Å². The van der Waals surface area contributed by atoms with Crippen LogP contribution in [0.5, 0.6) is 0 Å². The summed E-state index contributed by atoms with van der Waals surface area (Å²) in [6, 6.07) is 1.75. The molecule has 3 nitrogen and oxygen atoms in total. The summed E-state index contributed by atoms with van der Waals surface area (Å²) in [6.45, 7) is 10.7. The van der Waals surface area contributed by atoms with Crippen LogP contribution in [0.2, 0.25) is 0 Å². The first-order chi connectivity index (χ1) is 10.2. The van der Waals surface area contributed by atoms with E-state index >= 15 is 0 Å². The van der Waals surface area contributed by atoms with E-state index in [9.17, 15) is 17.6 Å². The largest absolute Gasteiger partial charge is 0.498 e. The second kappa shape index (κ2) is 24.4. The van der Waals surface area contributed by atoms with Gasteiger partial charge in [0.05, 0.1) is 18.9 Å². The fraction of sp³-hybridized carbons (Fsp3) is 0.357. The Bertz CT molecular complexity index is 348. The first-order valence-corrected chi connectivity index (χ1v) is 6.41. The molecule has 0 amide bonds. The molecule has 0 atom stereocenters. The van der Waals surface area contributed by atoms with Crippen molar-refractivity contribution < 1.29 is 27.4 Å². The van der Waals surface area contributed by atoms with Crippen LogP contribution in [-0.4, -0.2) is 24.5 Å². The lowest BCUT2D eigenvalue weighted by Gasteiger charge is -1.99. The predicted molar refractivity (Wildman–Crippen MR) is 83.7 cm³/mol. The zero-order chi connectivity index (χ0) is 18.4. The van der Waals surface area contributed by atoms with Crippen molar-refractivity contribution in [3.8, 4) is 6.07 Å². The SMILES string of the molecule is C=CCO.C=CCOC=CC.CC#N.F/C=C(\Br)C(F)(F)F. The van der Waals surface area contributed by atoms with Crippen LogP contribution in [0, 0.1) is 11.3 Å². The van der Waals surface area contributed by atoms with Gasteiger partial charge >= 0.3 is 6.18 Å². The van der Waals surface area contributed by atoms with E-state index in [0.29, 0.717) is 6.61 Å².